The molecule has 19 heavy (non-hydrogen) atoms. The highest BCUT2D eigenvalue weighted by molar-refractivity contribution is 5.95. The van der Waals surface area contributed by atoms with Crippen molar-refractivity contribution in [3.8, 4) is 0 Å². The first-order valence-corrected chi connectivity index (χ1v) is 6.31. The van der Waals surface area contributed by atoms with E-state index >= 15 is 0 Å². The lowest BCUT2D eigenvalue weighted by atomic mass is 10.0. The molecule has 0 spiro atoms. The van der Waals surface area contributed by atoms with E-state index in [1.165, 1.54) is 0 Å². The van der Waals surface area contributed by atoms with Gasteiger partial charge in [0.2, 0.25) is 0 Å². The lowest BCUT2D eigenvalue weighted by Crippen LogP contribution is -2.44. The number of rotatable bonds is 5. The van der Waals surface area contributed by atoms with Gasteiger partial charge in [-0.1, -0.05) is 0 Å². The van der Waals surface area contributed by atoms with E-state index < -0.39 is 0 Å². The summed E-state index contributed by atoms with van der Waals surface area (Å²) in [5.41, 5.74) is 7.98. The quantitative estimate of drug-likeness (QED) is 0.703. The summed E-state index contributed by atoms with van der Waals surface area (Å²) >= 11 is 0. The van der Waals surface area contributed by atoms with Gasteiger partial charge in [-0.05, 0) is 46.1 Å². The minimum Gasteiger partial charge on any atom is -0.397 e. The third kappa shape index (κ3) is 3.86. The maximum absolute atomic E-state index is 11.5. The van der Waals surface area contributed by atoms with Crippen LogP contribution in [0.3, 0.4) is 0 Å². The summed E-state index contributed by atoms with van der Waals surface area (Å²) in [4.78, 5) is 13.6. The first-order valence-electron chi connectivity index (χ1n) is 6.31. The van der Waals surface area contributed by atoms with E-state index in [1.54, 1.807) is 19.2 Å². The van der Waals surface area contributed by atoms with Gasteiger partial charge in [0, 0.05) is 24.7 Å². The number of nitrogen functional groups attached to an aromatic ring is 1. The van der Waals surface area contributed by atoms with Crippen LogP contribution in [0, 0.1) is 0 Å². The van der Waals surface area contributed by atoms with Gasteiger partial charge in [-0.2, -0.15) is 0 Å². The molecule has 106 valence electrons. The number of nitrogens with one attached hydrogen (secondary N) is 2. The predicted molar refractivity (Wildman–Crippen MR) is 80.5 cm³/mol. The smallest absolute Gasteiger partial charge is 0.251 e. The zero-order valence-corrected chi connectivity index (χ0v) is 12.4. The number of nitrogens with zero attached hydrogens (tertiary/aromatic N) is 1. The number of hydrogen-bond donors (Lipinski definition) is 3. The number of benzene rings is 1. The predicted octanol–water partition coefficient (Wildman–Crippen LogP) is 1.38. The second kappa shape index (κ2) is 5.93. The van der Waals surface area contributed by atoms with Crippen LogP contribution in [-0.2, 0) is 0 Å². The molecular formula is C14H24N4O. The number of anilines is 2. The van der Waals surface area contributed by atoms with Crippen molar-refractivity contribution in [3.63, 3.8) is 0 Å². The van der Waals surface area contributed by atoms with E-state index in [2.05, 4.69) is 29.4 Å². The van der Waals surface area contributed by atoms with E-state index in [-0.39, 0.29) is 11.4 Å². The highest BCUT2D eigenvalue weighted by Crippen LogP contribution is 2.21. The Morgan fingerprint density at radius 3 is 2.47 bits per heavy atom. The standard InChI is InChI=1S/C14H24N4O/c1-14(2,18(4)5)9-17-12-7-6-10(8-11(12)15)13(19)16-3/h6-8,17H,9,15H2,1-5H3,(H,16,19). The Morgan fingerprint density at radius 1 is 1.37 bits per heavy atom. The van der Waals surface area contributed by atoms with Crippen molar-refractivity contribution in [1.29, 1.82) is 0 Å². The number of hydrogen-bond acceptors (Lipinski definition) is 4. The van der Waals surface area contributed by atoms with Crippen LogP contribution >= 0.6 is 0 Å². The van der Waals surface area contributed by atoms with E-state index in [9.17, 15) is 4.79 Å². The summed E-state index contributed by atoms with van der Waals surface area (Å²) in [6, 6.07) is 5.29. The fourth-order valence-electron chi connectivity index (χ4n) is 1.48. The molecule has 0 saturated heterocycles. The van der Waals surface area contributed by atoms with Gasteiger partial charge >= 0.3 is 0 Å². The van der Waals surface area contributed by atoms with E-state index in [1.807, 2.05) is 20.2 Å². The molecular weight excluding hydrogens is 240 g/mol. The Hall–Kier alpha value is -1.75. The van der Waals surface area contributed by atoms with Crippen LogP contribution in [0.5, 0.6) is 0 Å². The van der Waals surface area contributed by atoms with E-state index in [0.717, 1.165) is 12.2 Å². The third-order valence-electron chi connectivity index (χ3n) is 3.46. The van der Waals surface area contributed by atoms with Crippen molar-refractivity contribution < 1.29 is 4.79 Å². The van der Waals surface area contributed by atoms with E-state index in [0.29, 0.717) is 11.3 Å². The zero-order chi connectivity index (χ0) is 14.6. The molecule has 1 aromatic carbocycles. The number of nitrogens with two attached hydrogens (primary N) is 1. The van der Waals surface area contributed by atoms with Gasteiger partial charge in [0.15, 0.2) is 0 Å². The first-order chi connectivity index (χ1) is 8.77. The van der Waals surface area contributed by atoms with Crippen molar-refractivity contribution in [2.75, 3.05) is 38.7 Å². The molecule has 0 bridgehead atoms. The van der Waals surface area contributed by atoms with Crippen LogP contribution in [0.15, 0.2) is 18.2 Å². The second-order valence-electron chi connectivity index (χ2n) is 5.44. The van der Waals surface area contributed by atoms with Crippen LogP contribution in [0.25, 0.3) is 0 Å². The summed E-state index contributed by atoms with van der Waals surface area (Å²) < 4.78 is 0. The van der Waals surface area contributed by atoms with Gasteiger partial charge < -0.3 is 21.3 Å². The Kier molecular flexibility index (Phi) is 4.78. The SMILES string of the molecule is CNC(=O)c1ccc(NCC(C)(C)N(C)C)c(N)c1. The number of amides is 1. The van der Waals surface area contributed by atoms with Crippen molar-refractivity contribution in [3.05, 3.63) is 23.8 Å². The van der Waals surface area contributed by atoms with Gasteiger partial charge in [0.1, 0.15) is 0 Å². The fraction of sp³-hybridized carbons (Fsp3) is 0.500. The first kappa shape index (κ1) is 15.3. The van der Waals surface area contributed by atoms with Crippen molar-refractivity contribution in [2.24, 2.45) is 0 Å². The van der Waals surface area contributed by atoms with Crippen LogP contribution in [0.1, 0.15) is 24.2 Å². The molecule has 1 aromatic rings. The fourth-order valence-corrected chi connectivity index (χ4v) is 1.48. The molecule has 4 N–H and O–H groups in total. The molecule has 0 radical (unpaired) electrons. The Bertz CT molecular complexity index is 455. The number of likely N-dealkylation sites (N-methyl/N-ethyl adjacent to an activating group) is 1. The maximum Gasteiger partial charge on any atom is 0.251 e. The molecule has 0 aliphatic carbocycles. The van der Waals surface area contributed by atoms with Crippen LogP contribution in [0.4, 0.5) is 11.4 Å². The summed E-state index contributed by atoms with van der Waals surface area (Å²) in [5, 5.41) is 5.90. The Labute approximate surface area is 115 Å². The highest BCUT2D eigenvalue weighted by Gasteiger charge is 2.20. The highest BCUT2D eigenvalue weighted by atomic mass is 16.1. The monoisotopic (exact) mass is 264 g/mol. The second-order valence-corrected chi connectivity index (χ2v) is 5.44. The number of carbonyl (C=O) groups is 1. The topological polar surface area (TPSA) is 70.4 Å². The molecule has 0 fully saturated rings. The van der Waals surface area contributed by atoms with Gasteiger partial charge in [0.25, 0.3) is 5.91 Å². The van der Waals surface area contributed by atoms with Crippen LogP contribution in [-0.4, -0.2) is 44.0 Å². The molecule has 0 aliphatic rings. The Balaban J connectivity index is 2.79. The van der Waals surface area contributed by atoms with Gasteiger partial charge in [0.05, 0.1) is 11.4 Å². The minimum absolute atomic E-state index is 0.0197. The normalized spacial score (nSPS) is 11.5. The average molecular weight is 264 g/mol. The summed E-state index contributed by atoms with van der Waals surface area (Å²) in [6.07, 6.45) is 0. The molecule has 0 aliphatic heterocycles. The van der Waals surface area contributed by atoms with Crippen molar-refractivity contribution in [1.82, 2.24) is 10.2 Å². The van der Waals surface area contributed by atoms with Crippen molar-refractivity contribution in [2.45, 2.75) is 19.4 Å². The van der Waals surface area contributed by atoms with E-state index in [4.69, 9.17) is 5.73 Å². The van der Waals surface area contributed by atoms with Crippen LogP contribution in [0.2, 0.25) is 0 Å². The Morgan fingerprint density at radius 2 is 2.00 bits per heavy atom. The molecule has 0 saturated carbocycles. The van der Waals surface area contributed by atoms with Gasteiger partial charge in [-0.25, -0.2) is 0 Å². The van der Waals surface area contributed by atoms with Gasteiger partial charge in [-0.15, -0.1) is 0 Å². The lowest BCUT2D eigenvalue weighted by molar-refractivity contribution is 0.0963. The van der Waals surface area contributed by atoms with Crippen molar-refractivity contribution >= 4 is 17.3 Å². The maximum atomic E-state index is 11.5. The molecule has 5 nitrogen and oxygen atoms in total. The molecule has 0 unspecified atom stereocenters. The lowest BCUT2D eigenvalue weighted by Gasteiger charge is -2.33. The third-order valence-corrected chi connectivity index (χ3v) is 3.46. The molecule has 0 atom stereocenters. The largest absolute Gasteiger partial charge is 0.397 e. The number of carbonyl (C=O) groups excluding carboxylic acids is 1. The molecule has 0 heterocycles. The summed E-state index contributed by atoms with van der Waals surface area (Å²) in [7, 11) is 5.68. The van der Waals surface area contributed by atoms with Gasteiger partial charge in [-0.3, -0.25) is 4.79 Å². The van der Waals surface area contributed by atoms with Crippen LogP contribution < -0.4 is 16.4 Å². The molecule has 0 aromatic heterocycles. The zero-order valence-electron chi connectivity index (χ0n) is 12.4. The molecule has 5 heteroatoms. The average Bonchev–Trinajstić information content (AvgIpc) is 2.36. The summed E-state index contributed by atoms with van der Waals surface area (Å²) in [5.74, 6) is -0.133. The molecule has 1 amide bonds. The summed E-state index contributed by atoms with van der Waals surface area (Å²) in [6.45, 7) is 5.06. The minimum atomic E-state index is -0.133. The molecule has 1 rings (SSSR count).